The van der Waals surface area contributed by atoms with E-state index in [1.54, 1.807) is 19.2 Å². The van der Waals surface area contributed by atoms with Crippen LogP contribution < -0.4 is 16.0 Å². The van der Waals surface area contributed by atoms with Crippen molar-refractivity contribution < 1.29 is 14.7 Å². The van der Waals surface area contributed by atoms with Crippen molar-refractivity contribution in [3.05, 3.63) is 29.3 Å². The number of aromatic hydroxyl groups is 1. The summed E-state index contributed by atoms with van der Waals surface area (Å²) < 4.78 is 0. The first-order valence-corrected chi connectivity index (χ1v) is 9.59. The minimum Gasteiger partial charge on any atom is -0.508 e. The minimum absolute atomic E-state index is 0.103. The molecule has 0 radical (unpaired) electrons. The third-order valence-corrected chi connectivity index (χ3v) is 4.55. The zero-order valence-electron chi connectivity index (χ0n) is 17.6. The molecular formula is C21H35N3O3. The number of hydrogen-bond acceptors (Lipinski definition) is 4. The third kappa shape index (κ3) is 6.54. The first-order valence-electron chi connectivity index (χ1n) is 9.59. The fourth-order valence-corrected chi connectivity index (χ4v) is 3.08. The Morgan fingerprint density at radius 3 is 2.26 bits per heavy atom. The largest absolute Gasteiger partial charge is 0.508 e. The average Bonchev–Trinajstić information content (AvgIpc) is 2.55. The molecule has 1 rings (SSSR count). The van der Waals surface area contributed by atoms with Crippen LogP contribution in [0.1, 0.15) is 52.7 Å². The molecule has 0 heterocycles. The summed E-state index contributed by atoms with van der Waals surface area (Å²) in [5, 5.41) is 18.8. The normalized spacial score (nSPS) is 13.9. The highest BCUT2D eigenvalue weighted by Crippen LogP contribution is 2.31. The summed E-state index contributed by atoms with van der Waals surface area (Å²) in [5.74, 6) is -0.0700. The van der Waals surface area contributed by atoms with Crippen LogP contribution in [0.4, 0.5) is 0 Å². The lowest BCUT2D eigenvalue weighted by Crippen LogP contribution is -2.54. The van der Waals surface area contributed by atoms with Gasteiger partial charge in [-0.3, -0.25) is 9.59 Å². The number of carbonyl (C=O) groups excluding carboxylic acids is 2. The molecule has 1 aromatic carbocycles. The predicted octanol–water partition coefficient (Wildman–Crippen LogP) is 2.10. The predicted molar refractivity (Wildman–Crippen MR) is 109 cm³/mol. The number of hydrogen-bond donors (Lipinski definition) is 4. The maximum Gasteiger partial charge on any atom is 0.242 e. The summed E-state index contributed by atoms with van der Waals surface area (Å²) in [7, 11) is 1.74. The van der Waals surface area contributed by atoms with Gasteiger partial charge in [-0.1, -0.05) is 46.8 Å². The number of phenolic OH excluding ortho intramolecular Hbond substituents is 1. The fourth-order valence-electron chi connectivity index (χ4n) is 3.08. The molecule has 2 atom stereocenters. The maximum atomic E-state index is 12.6. The van der Waals surface area contributed by atoms with E-state index in [1.807, 2.05) is 47.6 Å². The van der Waals surface area contributed by atoms with Gasteiger partial charge in [0.2, 0.25) is 11.8 Å². The second-order valence-electron chi connectivity index (χ2n) is 8.27. The molecule has 0 fully saturated rings. The Morgan fingerprint density at radius 2 is 1.78 bits per heavy atom. The molecule has 0 saturated carbocycles. The highest BCUT2D eigenvalue weighted by atomic mass is 16.3. The molecule has 0 aliphatic carbocycles. The number of amides is 2. The van der Waals surface area contributed by atoms with Crippen molar-refractivity contribution in [2.75, 3.05) is 13.6 Å². The summed E-state index contributed by atoms with van der Waals surface area (Å²) in [6.07, 6.45) is 0.357. The second kappa shape index (κ2) is 9.74. The molecule has 0 aromatic heterocycles. The van der Waals surface area contributed by atoms with Crippen LogP contribution in [-0.2, 0) is 21.4 Å². The molecule has 0 aliphatic rings. The standard InChI is InChI=1S/C21H35N3O3/c1-8-23-19(26)16(24-20(27)18(22-7)13(2)3)12-14-9-10-17(25)15(11-14)21(4,5)6/h9-11,13,16,18,22,25H,8,12H2,1-7H3,(H,23,26)(H,24,27)/t16-,18-/m0/s1. The van der Waals surface area contributed by atoms with Crippen LogP contribution in [0.15, 0.2) is 18.2 Å². The Balaban J connectivity index is 3.09. The average molecular weight is 378 g/mol. The smallest absolute Gasteiger partial charge is 0.242 e. The van der Waals surface area contributed by atoms with Gasteiger partial charge in [-0.25, -0.2) is 0 Å². The van der Waals surface area contributed by atoms with Gasteiger partial charge in [0.05, 0.1) is 6.04 Å². The Labute approximate surface area is 163 Å². The molecule has 4 N–H and O–H groups in total. The van der Waals surface area contributed by atoms with E-state index in [1.165, 1.54) is 0 Å². The van der Waals surface area contributed by atoms with Crippen LogP contribution in [0.2, 0.25) is 0 Å². The Kier molecular flexibility index (Phi) is 8.28. The van der Waals surface area contributed by atoms with Gasteiger partial charge < -0.3 is 21.1 Å². The van der Waals surface area contributed by atoms with Crippen LogP contribution >= 0.6 is 0 Å². The molecule has 1 aromatic rings. The topological polar surface area (TPSA) is 90.5 Å². The molecule has 2 amide bonds. The van der Waals surface area contributed by atoms with Crippen molar-refractivity contribution in [3.8, 4) is 5.75 Å². The molecule has 0 saturated heterocycles. The lowest BCUT2D eigenvalue weighted by Gasteiger charge is -2.25. The van der Waals surface area contributed by atoms with Gasteiger partial charge in [0.1, 0.15) is 11.8 Å². The lowest BCUT2D eigenvalue weighted by molar-refractivity contribution is -0.130. The van der Waals surface area contributed by atoms with Gasteiger partial charge in [0, 0.05) is 13.0 Å². The van der Waals surface area contributed by atoms with Crippen LogP contribution in [0, 0.1) is 5.92 Å². The minimum atomic E-state index is -0.676. The van der Waals surface area contributed by atoms with Crippen LogP contribution in [0.25, 0.3) is 0 Å². The number of benzene rings is 1. The van der Waals surface area contributed by atoms with Gasteiger partial charge in [-0.15, -0.1) is 0 Å². The highest BCUT2D eigenvalue weighted by Gasteiger charge is 2.27. The number of likely N-dealkylation sites (N-methyl/N-ethyl adjacent to an activating group) is 2. The van der Waals surface area contributed by atoms with Gasteiger partial charge in [-0.05, 0) is 42.5 Å². The van der Waals surface area contributed by atoms with Crippen molar-refractivity contribution in [2.24, 2.45) is 5.92 Å². The first kappa shape index (κ1) is 23.0. The lowest BCUT2D eigenvalue weighted by atomic mass is 9.84. The number of nitrogens with one attached hydrogen (secondary N) is 3. The van der Waals surface area contributed by atoms with E-state index >= 15 is 0 Å². The summed E-state index contributed by atoms with van der Waals surface area (Å²) in [6.45, 7) is 12.3. The molecule has 6 heteroatoms. The first-order chi connectivity index (χ1) is 12.5. The Bertz CT molecular complexity index is 651. The van der Waals surface area contributed by atoms with E-state index < -0.39 is 6.04 Å². The van der Waals surface area contributed by atoms with E-state index in [9.17, 15) is 14.7 Å². The maximum absolute atomic E-state index is 12.6. The second-order valence-corrected chi connectivity index (χ2v) is 8.27. The third-order valence-electron chi connectivity index (χ3n) is 4.55. The quantitative estimate of drug-likeness (QED) is 0.558. The van der Waals surface area contributed by atoms with Crippen molar-refractivity contribution in [3.63, 3.8) is 0 Å². The zero-order valence-corrected chi connectivity index (χ0v) is 17.6. The Morgan fingerprint density at radius 1 is 1.15 bits per heavy atom. The summed E-state index contributed by atoms with van der Waals surface area (Å²) in [5.41, 5.74) is 1.48. The monoisotopic (exact) mass is 377 g/mol. The summed E-state index contributed by atoms with van der Waals surface area (Å²) >= 11 is 0. The Hall–Kier alpha value is -2.08. The SMILES string of the molecule is CCNC(=O)[C@H](Cc1ccc(O)c(C(C)(C)C)c1)NC(=O)[C@@H](NC)C(C)C. The molecular weight excluding hydrogens is 342 g/mol. The van der Waals surface area contributed by atoms with Gasteiger partial charge in [-0.2, -0.15) is 0 Å². The number of rotatable bonds is 8. The molecule has 152 valence electrons. The van der Waals surface area contributed by atoms with Crippen molar-refractivity contribution in [1.82, 2.24) is 16.0 Å². The van der Waals surface area contributed by atoms with Crippen molar-refractivity contribution >= 4 is 11.8 Å². The van der Waals surface area contributed by atoms with Crippen LogP contribution in [0.3, 0.4) is 0 Å². The molecule has 0 spiro atoms. The van der Waals surface area contributed by atoms with E-state index in [2.05, 4.69) is 16.0 Å². The zero-order chi connectivity index (χ0) is 20.8. The van der Waals surface area contributed by atoms with Crippen molar-refractivity contribution in [1.29, 1.82) is 0 Å². The molecule has 27 heavy (non-hydrogen) atoms. The highest BCUT2D eigenvalue weighted by molar-refractivity contribution is 5.90. The van der Waals surface area contributed by atoms with Gasteiger partial charge in [0.25, 0.3) is 0 Å². The van der Waals surface area contributed by atoms with E-state index in [4.69, 9.17) is 0 Å². The summed E-state index contributed by atoms with van der Waals surface area (Å²) in [4.78, 5) is 25.1. The number of carbonyl (C=O) groups is 2. The van der Waals surface area contributed by atoms with E-state index in [-0.39, 0.29) is 34.9 Å². The van der Waals surface area contributed by atoms with Gasteiger partial charge in [0.15, 0.2) is 0 Å². The van der Waals surface area contributed by atoms with Gasteiger partial charge >= 0.3 is 0 Å². The molecule has 0 unspecified atom stereocenters. The molecule has 6 nitrogen and oxygen atoms in total. The van der Waals surface area contributed by atoms with E-state index in [0.29, 0.717) is 13.0 Å². The molecule has 0 bridgehead atoms. The fraction of sp³-hybridized carbons (Fsp3) is 0.619. The summed E-state index contributed by atoms with van der Waals surface area (Å²) in [6, 6.07) is 4.31. The van der Waals surface area contributed by atoms with E-state index in [0.717, 1.165) is 11.1 Å². The number of phenols is 1. The van der Waals surface area contributed by atoms with Crippen molar-refractivity contribution in [2.45, 2.75) is 65.5 Å². The molecule has 0 aliphatic heterocycles. The van der Waals surface area contributed by atoms with Crippen LogP contribution in [0.5, 0.6) is 5.75 Å². The van der Waals surface area contributed by atoms with Crippen LogP contribution in [-0.4, -0.2) is 42.6 Å².